The number of aromatic nitrogens is 2. The van der Waals surface area contributed by atoms with Gasteiger partial charge in [0, 0.05) is 17.3 Å². The SMILES string of the molecule is N=C(NC1N=C(c2ccccc2)c2ccccc2NC1=O)OC(=N)c1ccncn1. The van der Waals surface area contributed by atoms with Crippen molar-refractivity contribution in [3.05, 3.63) is 90.0 Å². The Morgan fingerprint density at radius 1 is 1.03 bits per heavy atom. The molecule has 1 aliphatic heterocycles. The summed E-state index contributed by atoms with van der Waals surface area (Å²) >= 11 is 0. The molecule has 0 fully saturated rings. The number of aliphatic imine (C=N–C) groups is 1. The van der Waals surface area contributed by atoms with Gasteiger partial charge in [0.15, 0.2) is 0 Å². The Hall–Kier alpha value is -4.40. The molecule has 1 aliphatic rings. The molecule has 2 aromatic carbocycles. The number of amides is 1. The minimum Gasteiger partial charge on any atom is -0.405 e. The van der Waals surface area contributed by atoms with Gasteiger partial charge in [-0.05, 0) is 12.1 Å². The number of nitrogens with one attached hydrogen (secondary N) is 4. The van der Waals surface area contributed by atoms with Gasteiger partial charge in [0.2, 0.25) is 12.1 Å². The molecule has 1 unspecified atom stereocenters. The number of anilines is 1. The normalized spacial score (nSPS) is 15.1. The van der Waals surface area contributed by atoms with Gasteiger partial charge in [-0.25, -0.2) is 15.0 Å². The number of nitrogens with zero attached hydrogens (tertiary/aromatic N) is 3. The number of para-hydroxylation sites is 1. The van der Waals surface area contributed by atoms with Crippen molar-refractivity contribution < 1.29 is 9.53 Å². The van der Waals surface area contributed by atoms with Crippen LogP contribution in [-0.2, 0) is 9.53 Å². The van der Waals surface area contributed by atoms with E-state index in [0.29, 0.717) is 11.4 Å². The lowest BCUT2D eigenvalue weighted by molar-refractivity contribution is -0.117. The third kappa shape index (κ3) is 4.04. The number of carbonyl (C=O) groups is 1. The first-order chi connectivity index (χ1) is 14.6. The topological polar surface area (TPSA) is 136 Å². The minimum atomic E-state index is -1.13. The quantitative estimate of drug-likeness (QED) is 0.395. The van der Waals surface area contributed by atoms with E-state index in [1.54, 1.807) is 6.07 Å². The molecule has 1 amide bonds. The van der Waals surface area contributed by atoms with Crippen LogP contribution in [0.5, 0.6) is 0 Å². The van der Waals surface area contributed by atoms with Crippen LogP contribution in [0.4, 0.5) is 5.69 Å². The summed E-state index contributed by atoms with van der Waals surface area (Å²) in [6.07, 6.45) is 1.61. The Balaban J connectivity index is 1.61. The van der Waals surface area contributed by atoms with Crippen LogP contribution in [0.3, 0.4) is 0 Å². The standard InChI is InChI=1S/C21H17N7O2/c22-18(16-10-11-24-12-25-16)30-21(23)28-19-20(29)26-15-9-5-4-8-14(15)17(27-19)13-6-2-1-3-7-13/h1-12,19,22H,(H2,23,28)(H,26,29). The lowest BCUT2D eigenvalue weighted by Crippen LogP contribution is -2.43. The molecule has 2 heterocycles. The average Bonchev–Trinajstić information content (AvgIpc) is 2.91. The molecule has 1 atom stereocenters. The Bertz CT molecular complexity index is 1130. The largest absolute Gasteiger partial charge is 0.405 e. The molecule has 4 N–H and O–H groups in total. The van der Waals surface area contributed by atoms with Crippen LogP contribution in [0.2, 0.25) is 0 Å². The molecule has 0 spiro atoms. The van der Waals surface area contributed by atoms with Crippen molar-refractivity contribution in [2.45, 2.75) is 6.17 Å². The van der Waals surface area contributed by atoms with Gasteiger partial charge in [-0.15, -0.1) is 0 Å². The minimum absolute atomic E-state index is 0.211. The van der Waals surface area contributed by atoms with Crippen LogP contribution in [0.25, 0.3) is 0 Å². The predicted molar refractivity (Wildman–Crippen MR) is 112 cm³/mol. The molecule has 0 radical (unpaired) electrons. The lowest BCUT2D eigenvalue weighted by Gasteiger charge is -2.15. The number of amidine groups is 1. The number of fused-ring (bicyclic) bond motifs is 1. The highest BCUT2D eigenvalue weighted by molar-refractivity contribution is 6.19. The van der Waals surface area contributed by atoms with Gasteiger partial charge in [0.1, 0.15) is 12.0 Å². The number of rotatable bonds is 3. The van der Waals surface area contributed by atoms with Crippen LogP contribution >= 0.6 is 0 Å². The molecule has 9 heteroatoms. The van der Waals surface area contributed by atoms with Gasteiger partial charge in [0.05, 0.1) is 11.4 Å². The highest BCUT2D eigenvalue weighted by Gasteiger charge is 2.27. The highest BCUT2D eigenvalue weighted by atomic mass is 16.5. The molecule has 3 aromatic rings. The van der Waals surface area contributed by atoms with E-state index in [1.807, 2.05) is 48.5 Å². The first-order valence-electron chi connectivity index (χ1n) is 9.03. The highest BCUT2D eigenvalue weighted by Crippen LogP contribution is 2.23. The fourth-order valence-corrected chi connectivity index (χ4v) is 2.91. The third-order valence-corrected chi connectivity index (χ3v) is 4.28. The Kier molecular flexibility index (Phi) is 5.25. The monoisotopic (exact) mass is 399 g/mol. The Labute approximate surface area is 171 Å². The second-order valence-electron chi connectivity index (χ2n) is 6.28. The van der Waals surface area contributed by atoms with Crippen molar-refractivity contribution in [1.29, 1.82) is 10.8 Å². The number of benzodiazepines with no additional fused rings is 1. The second-order valence-corrected chi connectivity index (χ2v) is 6.28. The number of benzene rings is 2. The van der Waals surface area contributed by atoms with Gasteiger partial charge in [0.25, 0.3) is 11.9 Å². The summed E-state index contributed by atoms with van der Waals surface area (Å²) in [6, 6.07) is 17.8. The molecule has 148 valence electrons. The van der Waals surface area contributed by atoms with E-state index in [4.69, 9.17) is 15.6 Å². The van der Waals surface area contributed by atoms with Crippen molar-refractivity contribution in [2.75, 3.05) is 5.32 Å². The zero-order chi connectivity index (χ0) is 20.9. The van der Waals surface area contributed by atoms with Crippen molar-refractivity contribution >= 4 is 29.2 Å². The van der Waals surface area contributed by atoms with Crippen molar-refractivity contribution in [1.82, 2.24) is 15.3 Å². The van der Waals surface area contributed by atoms with E-state index in [1.165, 1.54) is 18.6 Å². The number of ether oxygens (including phenoxy) is 1. The molecule has 0 saturated carbocycles. The summed E-state index contributed by atoms with van der Waals surface area (Å²) < 4.78 is 5.16. The van der Waals surface area contributed by atoms with Crippen LogP contribution in [0.1, 0.15) is 16.8 Å². The Morgan fingerprint density at radius 3 is 2.57 bits per heavy atom. The summed E-state index contributed by atoms with van der Waals surface area (Å²) in [4.78, 5) is 25.0. The lowest BCUT2D eigenvalue weighted by atomic mass is 10.0. The molecule has 9 nitrogen and oxygen atoms in total. The number of carbonyl (C=O) groups excluding carboxylic acids is 1. The van der Waals surface area contributed by atoms with Gasteiger partial charge in [-0.3, -0.25) is 15.6 Å². The second kappa shape index (κ2) is 8.31. The van der Waals surface area contributed by atoms with E-state index >= 15 is 0 Å². The maximum absolute atomic E-state index is 12.7. The van der Waals surface area contributed by atoms with Crippen molar-refractivity contribution in [3.8, 4) is 0 Å². The van der Waals surface area contributed by atoms with E-state index in [2.05, 4.69) is 25.6 Å². The van der Waals surface area contributed by atoms with E-state index < -0.39 is 18.1 Å². The van der Waals surface area contributed by atoms with Gasteiger partial charge < -0.3 is 15.4 Å². The van der Waals surface area contributed by atoms with Crippen molar-refractivity contribution in [3.63, 3.8) is 0 Å². The van der Waals surface area contributed by atoms with Gasteiger partial charge in [-0.2, -0.15) is 0 Å². The van der Waals surface area contributed by atoms with Crippen LogP contribution < -0.4 is 10.6 Å². The molecule has 0 saturated heterocycles. The predicted octanol–water partition coefficient (Wildman–Crippen LogP) is 2.16. The van der Waals surface area contributed by atoms with Crippen LogP contribution in [0, 0.1) is 10.8 Å². The molecule has 0 bridgehead atoms. The maximum atomic E-state index is 12.7. The molecule has 0 aliphatic carbocycles. The summed E-state index contributed by atoms with van der Waals surface area (Å²) in [5.74, 6) is -0.797. The van der Waals surface area contributed by atoms with Gasteiger partial charge in [-0.1, -0.05) is 48.5 Å². The summed E-state index contributed by atoms with van der Waals surface area (Å²) in [5.41, 5.74) is 3.02. The van der Waals surface area contributed by atoms with Crippen LogP contribution in [0.15, 0.2) is 78.2 Å². The Morgan fingerprint density at radius 2 is 1.80 bits per heavy atom. The molecule has 30 heavy (non-hydrogen) atoms. The van der Waals surface area contributed by atoms with Crippen molar-refractivity contribution in [2.24, 2.45) is 4.99 Å². The first-order valence-corrected chi connectivity index (χ1v) is 9.03. The molecular formula is C21H17N7O2. The number of hydrogen-bond donors (Lipinski definition) is 4. The fourth-order valence-electron chi connectivity index (χ4n) is 2.91. The summed E-state index contributed by atoms with van der Waals surface area (Å²) in [6.45, 7) is 0. The number of hydrogen-bond acceptors (Lipinski definition) is 7. The average molecular weight is 399 g/mol. The first kappa shape index (κ1) is 18.9. The van der Waals surface area contributed by atoms with E-state index in [9.17, 15) is 4.79 Å². The summed E-state index contributed by atoms with van der Waals surface area (Å²) in [5, 5.41) is 21.4. The smallest absolute Gasteiger partial charge is 0.290 e. The maximum Gasteiger partial charge on any atom is 0.290 e. The van der Waals surface area contributed by atoms with Crippen LogP contribution in [-0.4, -0.2) is 39.7 Å². The van der Waals surface area contributed by atoms with E-state index in [0.717, 1.165) is 11.1 Å². The van der Waals surface area contributed by atoms with E-state index in [-0.39, 0.29) is 11.6 Å². The summed E-state index contributed by atoms with van der Waals surface area (Å²) in [7, 11) is 0. The third-order valence-electron chi connectivity index (χ3n) is 4.28. The fraction of sp³-hybridized carbons (Fsp3) is 0.0476. The molecule has 4 rings (SSSR count). The van der Waals surface area contributed by atoms with Gasteiger partial charge >= 0.3 is 0 Å². The zero-order valence-electron chi connectivity index (χ0n) is 15.7. The zero-order valence-corrected chi connectivity index (χ0v) is 15.7. The molecule has 1 aromatic heterocycles. The molecular weight excluding hydrogens is 382 g/mol.